The number of piperidine rings is 1. The number of rotatable bonds is 8. The van der Waals surface area contributed by atoms with Gasteiger partial charge in [0.05, 0.1) is 7.11 Å². The van der Waals surface area contributed by atoms with Gasteiger partial charge in [-0.2, -0.15) is 0 Å². The van der Waals surface area contributed by atoms with Crippen LogP contribution in [0, 0.1) is 0 Å². The first-order chi connectivity index (χ1) is 13.5. The number of hydrogen-bond donors (Lipinski definition) is 1. The molecule has 0 aromatic heterocycles. The predicted octanol–water partition coefficient (Wildman–Crippen LogP) is 1.62. The lowest BCUT2D eigenvalue weighted by Crippen LogP contribution is -2.47. The number of aliphatic hydroxyl groups is 1. The molecule has 2 saturated heterocycles. The average Bonchev–Trinajstić information content (AvgIpc) is 2.70. The molecule has 0 spiro atoms. The van der Waals surface area contributed by atoms with Crippen molar-refractivity contribution in [1.29, 1.82) is 0 Å². The van der Waals surface area contributed by atoms with Crippen LogP contribution >= 0.6 is 0 Å². The normalized spacial score (nSPS) is 21.6. The van der Waals surface area contributed by atoms with E-state index in [0.717, 1.165) is 62.9 Å². The fourth-order valence-electron chi connectivity index (χ4n) is 3.79. The molecule has 2 aliphatic rings. The Hall–Kier alpha value is -1.41. The molecule has 0 radical (unpaired) electrons. The van der Waals surface area contributed by atoms with Gasteiger partial charge < -0.3 is 19.5 Å². The molecule has 3 rings (SSSR count). The van der Waals surface area contributed by atoms with Crippen LogP contribution in [0.2, 0.25) is 0 Å². The minimum Gasteiger partial charge on any atom is -0.497 e. The number of hydrogen-bond acceptors (Lipinski definition) is 6. The molecule has 6 nitrogen and oxygen atoms in total. The first-order valence-corrected chi connectivity index (χ1v) is 10.3. The highest BCUT2D eigenvalue weighted by Gasteiger charge is 2.21. The molecule has 1 atom stereocenters. The van der Waals surface area contributed by atoms with E-state index in [1.165, 1.54) is 0 Å². The number of benzene rings is 1. The lowest BCUT2D eigenvalue weighted by Gasteiger charge is -2.33. The zero-order valence-corrected chi connectivity index (χ0v) is 17.1. The van der Waals surface area contributed by atoms with E-state index in [2.05, 4.69) is 21.7 Å². The van der Waals surface area contributed by atoms with E-state index in [-0.39, 0.29) is 6.61 Å². The van der Waals surface area contributed by atoms with Crippen molar-refractivity contribution >= 4 is 0 Å². The Morgan fingerprint density at radius 1 is 1.11 bits per heavy atom. The van der Waals surface area contributed by atoms with Gasteiger partial charge in [0.15, 0.2) is 0 Å². The number of methoxy groups -OCH3 is 1. The predicted molar refractivity (Wildman–Crippen MR) is 108 cm³/mol. The maximum Gasteiger partial charge on any atom is 0.127 e. The Labute approximate surface area is 167 Å². The molecular formula is C21H34FN3O3. The molecule has 7 heteroatoms. The molecule has 1 N–H and O–H groups in total. The first-order valence-electron chi connectivity index (χ1n) is 10.3. The van der Waals surface area contributed by atoms with Crippen molar-refractivity contribution in [2.24, 2.45) is 0 Å². The van der Waals surface area contributed by atoms with Gasteiger partial charge in [0.2, 0.25) is 0 Å². The maximum absolute atomic E-state index is 13.4. The van der Waals surface area contributed by atoms with E-state index < -0.39 is 12.3 Å². The van der Waals surface area contributed by atoms with E-state index >= 15 is 0 Å². The van der Waals surface area contributed by atoms with Crippen LogP contribution in [0.15, 0.2) is 18.2 Å². The smallest absolute Gasteiger partial charge is 0.127 e. The van der Waals surface area contributed by atoms with Crippen molar-refractivity contribution in [2.75, 3.05) is 66.6 Å². The van der Waals surface area contributed by atoms with Crippen molar-refractivity contribution < 1.29 is 19.0 Å². The van der Waals surface area contributed by atoms with Gasteiger partial charge in [-0.3, -0.25) is 9.80 Å². The fourth-order valence-corrected chi connectivity index (χ4v) is 3.79. The molecule has 158 valence electrons. The van der Waals surface area contributed by atoms with Crippen LogP contribution in [-0.2, 0) is 6.54 Å². The summed E-state index contributed by atoms with van der Waals surface area (Å²) < 4.78 is 24.7. The standard InChI is InChI=1S/C21H34FN3O3/c1-23-9-11-25(12-10-23)15-19(26)16-28-21-13-20(27-2)4-3-17(21)14-24-7-5-18(22)6-8-24/h3-4,13,18-19,26H,5-12,14-16H2,1-2H3/t19-/m1/s1. The van der Waals surface area contributed by atoms with Crippen LogP contribution in [0.3, 0.4) is 0 Å². The second-order valence-electron chi connectivity index (χ2n) is 7.99. The van der Waals surface area contributed by atoms with Crippen LogP contribution in [-0.4, -0.2) is 98.7 Å². The van der Waals surface area contributed by atoms with Crippen LogP contribution in [0.25, 0.3) is 0 Å². The lowest BCUT2D eigenvalue weighted by atomic mass is 10.1. The summed E-state index contributed by atoms with van der Waals surface area (Å²) in [6.45, 7) is 7.13. The van der Waals surface area contributed by atoms with Crippen molar-refractivity contribution in [1.82, 2.24) is 14.7 Å². The Morgan fingerprint density at radius 2 is 1.82 bits per heavy atom. The number of likely N-dealkylation sites (N-methyl/N-ethyl adjacent to an activating group) is 1. The van der Waals surface area contributed by atoms with Crippen LogP contribution in [0.4, 0.5) is 4.39 Å². The number of aliphatic hydroxyl groups excluding tert-OH is 1. The van der Waals surface area contributed by atoms with Gasteiger partial charge >= 0.3 is 0 Å². The van der Waals surface area contributed by atoms with Crippen molar-refractivity contribution in [2.45, 2.75) is 31.7 Å². The molecule has 0 saturated carbocycles. The summed E-state index contributed by atoms with van der Waals surface area (Å²) in [6, 6.07) is 5.80. The number of piperazine rings is 1. The zero-order valence-electron chi connectivity index (χ0n) is 17.1. The molecule has 0 amide bonds. The van der Waals surface area contributed by atoms with Crippen LogP contribution in [0.1, 0.15) is 18.4 Å². The molecule has 2 heterocycles. The van der Waals surface area contributed by atoms with E-state index in [4.69, 9.17) is 9.47 Å². The van der Waals surface area contributed by atoms with Gasteiger partial charge in [0, 0.05) is 64.0 Å². The summed E-state index contributed by atoms with van der Waals surface area (Å²) in [5.41, 5.74) is 1.05. The maximum atomic E-state index is 13.4. The van der Waals surface area contributed by atoms with Gasteiger partial charge in [-0.1, -0.05) is 6.07 Å². The largest absolute Gasteiger partial charge is 0.497 e. The molecule has 0 unspecified atom stereocenters. The topological polar surface area (TPSA) is 48.4 Å². The number of halogens is 1. The van der Waals surface area contributed by atoms with Crippen molar-refractivity contribution in [3.63, 3.8) is 0 Å². The summed E-state index contributed by atoms with van der Waals surface area (Å²) in [5.74, 6) is 1.47. The highest BCUT2D eigenvalue weighted by Crippen LogP contribution is 2.27. The molecule has 1 aromatic rings. The number of ether oxygens (including phenoxy) is 2. The molecular weight excluding hydrogens is 361 g/mol. The molecule has 0 aliphatic carbocycles. The number of alkyl halides is 1. The van der Waals surface area contributed by atoms with Gasteiger partial charge in [-0.05, 0) is 26.0 Å². The number of likely N-dealkylation sites (tertiary alicyclic amines) is 1. The second kappa shape index (κ2) is 10.4. The third-order valence-electron chi connectivity index (χ3n) is 5.68. The Bertz CT molecular complexity index is 603. The summed E-state index contributed by atoms with van der Waals surface area (Å²) in [5, 5.41) is 10.4. The Kier molecular flexibility index (Phi) is 7.91. The quantitative estimate of drug-likeness (QED) is 0.722. The van der Waals surface area contributed by atoms with Gasteiger partial charge in [-0.25, -0.2) is 4.39 Å². The third kappa shape index (κ3) is 6.30. The van der Waals surface area contributed by atoms with E-state index in [0.29, 0.717) is 19.4 Å². The number of β-amino-alcohol motifs (C(OH)–C–C–N with tert-alkyl or cyclic N) is 1. The van der Waals surface area contributed by atoms with E-state index in [9.17, 15) is 9.50 Å². The van der Waals surface area contributed by atoms with Crippen LogP contribution in [0.5, 0.6) is 11.5 Å². The van der Waals surface area contributed by atoms with E-state index in [1.54, 1.807) is 7.11 Å². The first kappa shape index (κ1) is 21.3. The highest BCUT2D eigenvalue weighted by atomic mass is 19.1. The van der Waals surface area contributed by atoms with Gasteiger partial charge in [0.25, 0.3) is 0 Å². The molecule has 2 fully saturated rings. The molecule has 2 aliphatic heterocycles. The summed E-state index contributed by atoms with van der Waals surface area (Å²) in [6.07, 6.45) is -0.0242. The highest BCUT2D eigenvalue weighted by molar-refractivity contribution is 5.40. The van der Waals surface area contributed by atoms with Crippen LogP contribution < -0.4 is 9.47 Å². The molecule has 1 aromatic carbocycles. The zero-order chi connectivity index (χ0) is 19.9. The summed E-state index contributed by atoms with van der Waals surface area (Å²) in [4.78, 5) is 6.83. The molecule has 0 bridgehead atoms. The van der Waals surface area contributed by atoms with Gasteiger partial charge in [0.1, 0.15) is 30.4 Å². The minimum atomic E-state index is -0.674. The Balaban J connectivity index is 1.55. The minimum absolute atomic E-state index is 0.249. The van der Waals surface area contributed by atoms with E-state index in [1.807, 2.05) is 18.2 Å². The third-order valence-corrected chi connectivity index (χ3v) is 5.68. The SMILES string of the molecule is COc1ccc(CN2CCC(F)CC2)c(OC[C@H](O)CN2CCN(C)CC2)c1. The Morgan fingerprint density at radius 3 is 2.50 bits per heavy atom. The van der Waals surface area contributed by atoms with Crippen molar-refractivity contribution in [3.8, 4) is 11.5 Å². The molecule has 28 heavy (non-hydrogen) atoms. The lowest BCUT2D eigenvalue weighted by molar-refractivity contribution is 0.0498. The average molecular weight is 396 g/mol. The van der Waals surface area contributed by atoms with Gasteiger partial charge in [-0.15, -0.1) is 0 Å². The summed E-state index contributed by atoms with van der Waals surface area (Å²) >= 11 is 0. The summed E-state index contributed by atoms with van der Waals surface area (Å²) in [7, 11) is 3.75. The fraction of sp³-hybridized carbons (Fsp3) is 0.714. The monoisotopic (exact) mass is 395 g/mol. The second-order valence-corrected chi connectivity index (χ2v) is 7.99. The van der Waals surface area contributed by atoms with Crippen molar-refractivity contribution in [3.05, 3.63) is 23.8 Å². The number of nitrogens with zero attached hydrogens (tertiary/aromatic N) is 3.